The van der Waals surface area contributed by atoms with Gasteiger partial charge in [-0.3, -0.25) is 9.59 Å². The summed E-state index contributed by atoms with van der Waals surface area (Å²) in [6.45, 7) is 2.55. The molecular weight excluding hydrogens is 376 g/mol. The summed E-state index contributed by atoms with van der Waals surface area (Å²) >= 11 is 6.05. The first-order valence-electron chi connectivity index (χ1n) is 9.05. The van der Waals surface area contributed by atoms with Crippen molar-refractivity contribution in [3.63, 3.8) is 0 Å². The van der Waals surface area contributed by atoms with E-state index in [0.29, 0.717) is 34.9 Å². The molecule has 2 amide bonds. The molecule has 0 radical (unpaired) electrons. The predicted molar refractivity (Wildman–Crippen MR) is 109 cm³/mol. The maximum Gasteiger partial charge on any atom is 0.259 e. The Morgan fingerprint density at radius 1 is 1.14 bits per heavy atom. The van der Waals surface area contributed by atoms with Crippen LogP contribution < -0.4 is 10.2 Å². The van der Waals surface area contributed by atoms with E-state index in [4.69, 9.17) is 11.6 Å². The largest absolute Gasteiger partial charge is 0.322 e. The second-order valence-corrected chi connectivity index (χ2v) is 7.13. The number of hydrogen-bond acceptors (Lipinski definition) is 3. The highest BCUT2D eigenvalue weighted by molar-refractivity contribution is 6.30. The number of aromatic nitrogens is 2. The molecule has 142 valence electrons. The summed E-state index contributed by atoms with van der Waals surface area (Å²) in [5, 5.41) is 7.83. The summed E-state index contributed by atoms with van der Waals surface area (Å²) in [5.41, 5.74) is 3.41. The van der Waals surface area contributed by atoms with Crippen molar-refractivity contribution in [3.8, 4) is 5.69 Å². The van der Waals surface area contributed by atoms with E-state index in [-0.39, 0.29) is 11.8 Å². The quantitative estimate of drug-likeness (QED) is 0.720. The number of hydrogen-bond donors (Lipinski definition) is 1. The van der Waals surface area contributed by atoms with Crippen molar-refractivity contribution in [2.75, 3.05) is 16.8 Å². The van der Waals surface area contributed by atoms with Crippen molar-refractivity contribution in [1.29, 1.82) is 0 Å². The van der Waals surface area contributed by atoms with Crippen LogP contribution in [-0.2, 0) is 4.79 Å². The van der Waals surface area contributed by atoms with Crippen molar-refractivity contribution in [1.82, 2.24) is 9.78 Å². The highest BCUT2D eigenvalue weighted by Gasteiger charge is 2.22. The van der Waals surface area contributed by atoms with Gasteiger partial charge in [-0.05, 0) is 49.7 Å². The number of benzene rings is 2. The van der Waals surface area contributed by atoms with Crippen LogP contribution in [0.2, 0.25) is 5.02 Å². The summed E-state index contributed by atoms with van der Waals surface area (Å²) < 4.78 is 1.68. The van der Waals surface area contributed by atoms with Gasteiger partial charge in [0, 0.05) is 29.4 Å². The Bertz CT molecular complexity index is 1060. The molecule has 0 saturated carbocycles. The van der Waals surface area contributed by atoms with E-state index >= 15 is 0 Å². The second kappa shape index (κ2) is 7.48. The van der Waals surface area contributed by atoms with Gasteiger partial charge >= 0.3 is 0 Å². The third kappa shape index (κ3) is 3.51. The molecule has 0 unspecified atom stereocenters. The average Bonchev–Trinajstić information content (AvgIpc) is 3.27. The number of carbonyl (C=O) groups excluding carboxylic acids is 2. The van der Waals surface area contributed by atoms with Gasteiger partial charge in [-0.2, -0.15) is 5.10 Å². The van der Waals surface area contributed by atoms with E-state index < -0.39 is 0 Å². The molecule has 0 spiro atoms. The highest BCUT2D eigenvalue weighted by atomic mass is 35.5. The number of carbonyl (C=O) groups is 2. The van der Waals surface area contributed by atoms with Crippen molar-refractivity contribution in [2.24, 2.45) is 0 Å². The standard InChI is InChI=1S/C21H19ClN4O2/c1-14-19(13-23-26(14)18-8-2-5-15(22)11-18)21(28)24-16-6-3-7-17(12-16)25-10-4-9-20(25)27/h2-3,5-8,11-13H,4,9-10H2,1H3,(H,24,28). The Balaban J connectivity index is 1.56. The van der Waals surface area contributed by atoms with Crippen LogP contribution in [0.25, 0.3) is 5.69 Å². The molecule has 1 aliphatic heterocycles. The van der Waals surface area contributed by atoms with Crippen LogP contribution in [0.4, 0.5) is 11.4 Å². The van der Waals surface area contributed by atoms with Crippen LogP contribution in [0.3, 0.4) is 0 Å². The maximum absolute atomic E-state index is 12.8. The van der Waals surface area contributed by atoms with Crippen LogP contribution in [0.15, 0.2) is 54.7 Å². The molecule has 1 aliphatic rings. The van der Waals surface area contributed by atoms with Gasteiger partial charge in [-0.15, -0.1) is 0 Å². The number of nitrogens with one attached hydrogen (secondary N) is 1. The zero-order valence-corrected chi connectivity index (χ0v) is 16.1. The molecule has 7 heteroatoms. The van der Waals surface area contributed by atoms with Crippen LogP contribution in [0.5, 0.6) is 0 Å². The molecule has 1 fully saturated rings. The third-order valence-corrected chi connectivity index (χ3v) is 5.03. The fourth-order valence-corrected chi connectivity index (χ4v) is 3.56. The van der Waals surface area contributed by atoms with Crippen molar-refractivity contribution in [2.45, 2.75) is 19.8 Å². The summed E-state index contributed by atoms with van der Waals surface area (Å²) in [6.07, 6.45) is 2.97. The molecule has 0 bridgehead atoms. The molecule has 4 rings (SSSR count). The molecule has 1 saturated heterocycles. The lowest BCUT2D eigenvalue weighted by atomic mass is 10.2. The van der Waals surface area contributed by atoms with Gasteiger partial charge < -0.3 is 10.2 Å². The fourth-order valence-electron chi connectivity index (χ4n) is 3.37. The SMILES string of the molecule is Cc1c(C(=O)Nc2cccc(N3CCCC3=O)c2)cnn1-c1cccc(Cl)c1. The lowest BCUT2D eigenvalue weighted by molar-refractivity contribution is -0.117. The lowest BCUT2D eigenvalue weighted by Crippen LogP contribution is -2.23. The smallest absolute Gasteiger partial charge is 0.259 e. The van der Waals surface area contributed by atoms with Gasteiger partial charge in [0.25, 0.3) is 5.91 Å². The van der Waals surface area contributed by atoms with Gasteiger partial charge in [-0.1, -0.05) is 23.7 Å². The molecule has 6 nitrogen and oxygen atoms in total. The molecule has 3 aromatic rings. The summed E-state index contributed by atoms with van der Waals surface area (Å²) in [7, 11) is 0. The minimum absolute atomic E-state index is 0.113. The first kappa shape index (κ1) is 18.3. The lowest BCUT2D eigenvalue weighted by Gasteiger charge is -2.16. The van der Waals surface area contributed by atoms with Crippen LogP contribution in [0, 0.1) is 6.92 Å². The van der Waals surface area contributed by atoms with Crippen molar-refractivity contribution >= 4 is 34.8 Å². The first-order valence-corrected chi connectivity index (χ1v) is 9.43. The maximum atomic E-state index is 12.8. The normalized spacial score (nSPS) is 13.8. The predicted octanol–water partition coefficient (Wildman–Crippen LogP) is 4.21. The molecule has 0 aliphatic carbocycles. The van der Waals surface area contributed by atoms with Crippen LogP contribution in [0.1, 0.15) is 28.9 Å². The van der Waals surface area contributed by atoms with E-state index in [1.165, 1.54) is 0 Å². The summed E-state index contributed by atoms with van der Waals surface area (Å²) in [6, 6.07) is 14.6. The highest BCUT2D eigenvalue weighted by Crippen LogP contribution is 2.25. The Hall–Kier alpha value is -3.12. The van der Waals surface area contributed by atoms with Gasteiger partial charge in [0.1, 0.15) is 0 Å². The van der Waals surface area contributed by atoms with Gasteiger partial charge in [-0.25, -0.2) is 4.68 Å². The van der Waals surface area contributed by atoms with E-state index in [1.807, 2.05) is 37.3 Å². The second-order valence-electron chi connectivity index (χ2n) is 6.69. The molecular formula is C21H19ClN4O2. The summed E-state index contributed by atoms with van der Waals surface area (Å²) in [4.78, 5) is 26.5. The van der Waals surface area contributed by atoms with Crippen molar-refractivity contribution < 1.29 is 9.59 Å². The number of nitrogens with zero attached hydrogens (tertiary/aromatic N) is 3. The van der Waals surface area contributed by atoms with E-state index in [9.17, 15) is 9.59 Å². The Morgan fingerprint density at radius 3 is 2.68 bits per heavy atom. The number of amides is 2. The van der Waals surface area contributed by atoms with Gasteiger partial charge in [0.2, 0.25) is 5.91 Å². The van der Waals surface area contributed by atoms with Gasteiger partial charge in [0.05, 0.1) is 23.1 Å². The van der Waals surface area contributed by atoms with E-state index in [2.05, 4.69) is 10.4 Å². The zero-order chi connectivity index (χ0) is 19.7. The van der Waals surface area contributed by atoms with E-state index in [1.54, 1.807) is 34.0 Å². The monoisotopic (exact) mass is 394 g/mol. The number of rotatable bonds is 4. The molecule has 28 heavy (non-hydrogen) atoms. The number of anilines is 2. The molecule has 2 aromatic carbocycles. The number of halogens is 1. The molecule has 0 atom stereocenters. The first-order chi connectivity index (χ1) is 13.5. The fraction of sp³-hybridized carbons (Fsp3) is 0.190. The van der Waals surface area contributed by atoms with Gasteiger partial charge in [0.15, 0.2) is 0 Å². The van der Waals surface area contributed by atoms with Crippen LogP contribution in [-0.4, -0.2) is 28.1 Å². The van der Waals surface area contributed by atoms with Crippen molar-refractivity contribution in [3.05, 3.63) is 71.0 Å². The van der Waals surface area contributed by atoms with Crippen LogP contribution >= 0.6 is 11.6 Å². The molecule has 1 aromatic heterocycles. The Labute approximate surface area is 167 Å². The third-order valence-electron chi connectivity index (χ3n) is 4.80. The average molecular weight is 395 g/mol. The minimum Gasteiger partial charge on any atom is -0.322 e. The minimum atomic E-state index is -0.254. The topological polar surface area (TPSA) is 67.2 Å². The Kier molecular flexibility index (Phi) is 4.88. The summed E-state index contributed by atoms with van der Waals surface area (Å²) in [5.74, 6) is -0.141. The zero-order valence-electron chi connectivity index (χ0n) is 15.4. The van der Waals surface area contributed by atoms with E-state index in [0.717, 1.165) is 17.8 Å². The molecule has 1 N–H and O–H groups in total. The Morgan fingerprint density at radius 2 is 1.93 bits per heavy atom. The molecule has 2 heterocycles.